The molecule has 3 aromatic rings. The number of aryl methyl sites for hydroxylation is 1. The Kier molecular flexibility index (Phi) is 5.25. The Morgan fingerprint density at radius 1 is 1.04 bits per heavy atom. The molecule has 1 fully saturated rings. The minimum atomic E-state index is -0.0689. The fourth-order valence-electron chi connectivity index (χ4n) is 3.29. The summed E-state index contributed by atoms with van der Waals surface area (Å²) in [7, 11) is 0. The van der Waals surface area contributed by atoms with Gasteiger partial charge in [0.1, 0.15) is 11.4 Å². The zero-order valence-electron chi connectivity index (χ0n) is 15.6. The Bertz CT molecular complexity index is 1010. The van der Waals surface area contributed by atoms with E-state index in [1.165, 1.54) is 11.5 Å². The van der Waals surface area contributed by atoms with Gasteiger partial charge in [0.05, 0.1) is 4.70 Å². The molecular formula is C21H21N3O3S. The molecule has 2 heterocycles. The first-order chi connectivity index (χ1) is 13.6. The molecule has 1 aliphatic rings. The molecule has 1 aromatic heterocycles. The topological polar surface area (TPSA) is 62.7 Å². The highest BCUT2D eigenvalue weighted by Gasteiger charge is 2.27. The lowest BCUT2D eigenvalue weighted by Crippen LogP contribution is -2.51. The van der Waals surface area contributed by atoms with Crippen LogP contribution in [0.5, 0.6) is 5.75 Å². The third-order valence-corrected chi connectivity index (χ3v) is 5.68. The van der Waals surface area contributed by atoms with E-state index in [0.29, 0.717) is 37.6 Å². The van der Waals surface area contributed by atoms with E-state index in [4.69, 9.17) is 4.74 Å². The molecule has 0 spiro atoms. The smallest absolute Gasteiger partial charge is 0.274 e. The van der Waals surface area contributed by atoms with Gasteiger partial charge >= 0.3 is 0 Å². The molecule has 6 nitrogen and oxygen atoms in total. The maximum Gasteiger partial charge on any atom is 0.274 e. The van der Waals surface area contributed by atoms with E-state index in [2.05, 4.69) is 4.37 Å². The van der Waals surface area contributed by atoms with E-state index >= 15 is 0 Å². The number of benzene rings is 2. The summed E-state index contributed by atoms with van der Waals surface area (Å²) in [5.41, 5.74) is 1.59. The predicted molar refractivity (Wildman–Crippen MR) is 109 cm³/mol. The molecule has 1 saturated heterocycles. The third-order valence-electron chi connectivity index (χ3n) is 4.85. The molecule has 0 unspecified atom stereocenters. The van der Waals surface area contributed by atoms with Gasteiger partial charge in [-0.2, -0.15) is 4.37 Å². The van der Waals surface area contributed by atoms with Crippen LogP contribution < -0.4 is 4.74 Å². The van der Waals surface area contributed by atoms with Crippen LogP contribution in [0.2, 0.25) is 0 Å². The average Bonchev–Trinajstić information content (AvgIpc) is 3.16. The number of hydrogen-bond acceptors (Lipinski definition) is 5. The van der Waals surface area contributed by atoms with E-state index in [1.54, 1.807) is 9.80 Å². The van der Waals surface area contributed by atoms with Gasteiger partial charge in [0.25, 0.3) is 11.8 Å². The van der Waals surface area contributed by atoms with Gasteiger partial charge < -0.3 is 14.5 Å². The fraction of sp³-hybridized carbons (Fsp3) is 0.286. The Labute approximate surface area is 167 Å². The first-order valence-corrected chi connectivity index (χ1v) is 10.00. The summed E-state index contributed by atoms with van der Waals surface area (Å²) in [6, 6.07) is 15.4. The second kappa shape index (κ2) is 7.98. The number of aromatic nitrogens is 1. The Balaban J connectivity index is 1.32. The Morgan fingerprint density at radius 2 is 1.79 bits per heavy atom. The summed E-state index contributed by atoms with van der Waals surface area (Å²) in [6.45, 7) is 4.00. The van der Waals surface area contributed by atoms with Crippen LogP contribution in [0.3, 0.4) is 0 Å². The third kappa shape index (κ3) is 3.84. The number of fused-ring (bicyclic) bond motifs is 1. The maximum atomic E-state index is 12.8. The van der Waals surface area contributed by atoms with Crippen LogP contribution in [0.15, 0.2) is 48.5 Å². The number of amides is 2. The molecule has 0 saturated carbocycles. The minimum Gasteiger partial charge on any atom is -0.484 e. The molecule has 0 N–H and O–H groups in total. The number of rotatable bonds is 4. The Morgan fingerprint density at radius 3 is 2.57 bits per heavy atom. The van der Waals surface area contributed by atoms with Gasteiger partial charge in [-0.25, -0.2) is 0 Å². The molecule has 0 bridgehead atoms. The first kappa shape index (κ1) is 18.4. The van der Waals surface area contributed by atoms with Crippen molar-refractivity contribution in [2.75, 3.05) is 32.8 Å². The summed E-state index contributed by atoms with van der Waals surface area (Å²) in [5.74, 6) is 0.561. The SMILES string of the molecule is Cc1cccc(OCC(=O)N2CCN(C(=O)c3nsc4ccccc34)CC2)c1. The lowest BCUT2D eigenvalue weighted by atomic mass is 10.2. The number of piperazine rings is 1. The largest absolute Gasteiger partial charge is 0.484 e. The molecule has 0 aliphatic carbocycles. The standard InChI is InChI=1S/C21H21N3O3S/c1-15-5-4-6-16(13-15)27-14-19(25)23-9-11-24(12-10-23)21(26)20-17-7-2-3-8-18(17)28-22-20/h2-8,13H,9-12,14H2,1H3. The van der Waals surface area contributed by atoms with Crippen LogP contribution in [0.25, 0.3) is 10.1 Å². The molecule has 2 amide bonds. The molecule has 28 heavy (non-hydrogen) atoms. The summed E-state index contributed by atoms with van der Waals surface area (Å²) >= 11 is 1.34. The van der Waals surface area contributed by atoms with E-state index in [1.807, 2.05) is 55.5 Å². The van der Waals surface area contributed by atoms with Crippen molar-refractivity contribution in [3.63, 3.8) is 0 Å². The molecule has 144 valence electrons. The monoisotopic (exact) mass is 395 g/mol. The van der Waals surface area contributed by atoms with E-state index < -0.39 is 0 Å². The van der Waals surface area contributed by atoms with Gasteiger partial charge in [-0.3, -0.25) is 9.59 Å². The van der Waals surface area contributed by atoms with Crippen LogP contribution in [0, 0.1) is 6.92 Å². The number of carbonyl (C=O) groups excluding carboxylic acids is 2. The van der Waals surface area contributed by atoms with Crippen molar-refractivity contribution in [3.8, 4) is 5.75 Å². The van der Waals surface area contributed by atoms with Gasteiger partial charge in [-0.15, -0.1) is 0 Å². The second-order valence-corrected chi connectivity index (χ2v) is 7.61. The molecule has 7 heteroatoms. The van der Waals surface area contributed by atoms with E-state index in [-0.39, 0.29) is 18.4 Å². The van der Waals surface area contributed by atoms with Crippen molar-refractivity contribution in [2.24, 2.45) is 0 Å². The predicted octanol–water partition coefficient (Wildman–Crippen LogP) is 2.97. The van der Waals surface area contributed by atoms with Crippen LogP contribution in [0.4, 0.5) is 0 Å². The summed E-state index contributed by atoms with van der Waals surface area (Å²) in [4.78, 5) is 28.8. The lowest BCUT2D eigenvalue weighted by molar-refractivity contribution is -0.134. The van der Waals surface area contributed by atoms with Crippen LogP contribution in [0.1, 0.15) is 16.1 Å². The number of carbonyl (C=O) groups is 2. The minimum absolute atomic E-state index is 0.00806. The van der Waals surface area contributed by atoms with Crippen LogP contribution in [-0.2, 0) is 4.79 Å². The zero-order chi connectivity index (χ0) is 19.5. The van der Waals surface area contributed by atoms with Gasteiger partial charge in [0.2, 0.25) is 0 Å². The quantitative estimate of drug-likeness (QED) is 0.681. The van der Waals surface area contributed by atoms with Gasteiger partial charge in [0.15, 0.2) is 6.61 Å². The van der Waals surface area contributed by atoms with Crippen LogP contribution >= 0.6 is 11.5 Å². The fourth-order valence-corrected chi connectivity index (χ4v) is 4.06. The molecule has 2 aromatic carbocycles. The lowest BCUT2D eigenvalue weighted by Gasteiger charge is -2.34. The van der Waals surface area contributed by atoms with Gasteiger partial charge in [-0.05, 0) is 42.2 Å². The maximum absolute atomic E-state index is 12.8. The number of nitrogens with zero attached hydrogens (tertiary/aromatic N) is 3. The van der Waals surface area contributed by atoms with Crippen molar-refractivity contribution in [3.05, 3.63) is 59.8 Å². The molecule has 0 atom stereocenters. The highest BCUT2D eigenvalue weighted by molar-refractivity contribution is 7.13. The normalized spacial score (nSPS) is 14.3. The van der Waals surface area contributed by atoms with E-state index in [9.17, 15) is 9.59 Å². The molecule has 4 rings (SSSR count). The summed E-state index contributed by atoms with van der Waals surface area (Å²) in [6.07, 6.45) is 0. The average molecular weight is 395 g/mol. The van der Waals surface area contributed by atoms with Crippen molar-refractivity contribution >= 4 is 33.4 Å². The van der Waals surface area contributed by atoms with Crippen molar-refractivity contribution < 1.29 is 14.3 Å². The highest BCUT2D eigenvalue weighted by atomic mass is 32.1. The van der Waals surface area contributed by atoms with Gasteiger partial charge in [0, 0.05) is 31.6 Å². The van der Waals surface area contributed by atoms with Crippen molar-refractivity contribution in [1.29, 1.82) is 0 Å². The summed E-state index contributed by atoms with van der Waals surface area (Å²) < 4.78 is 11.0. The second-order valence-electron chi connectivity index (χ2n) is 6.81. The summed E-state index contributed by atoms with van der Waals surface area (Å²) in [5, 5.41) is 0.891. The number of hydrogen-bond donors (Lipinski definition) is 0. The molecular weight excluding hydrogens is 374 g/mol. The van der Waals surface area contributed by atoms with Crippen molar-refractivity contribution in [1.82, 2.24) is 14.2 Å². The Hall–Kier alpha value is -2.93. The highest BCUT2D eigenvalue weighted by Crippen LogP contribution is 2.23. The zero-order valence-corrected chi connectivity index (χ0v) is 16.4. The first-order valence-electron chi connectivity index (χ1n) is 9.23. The van der Waals surface area contributed by atoms with E-state index in [0.717, 1.165) is 15.6 Å². The molecule has 0 radical (unpaired) electrons. The number of ether oxygens (including phenoxy) is 1. The van der Waals surface area contributed by atoms with Crippen molar-refractivity contribution in [2.45, 2.75) is 6.92 Å². The van der Waals surface area contributed by atoms with Crippen LogP contribution in [-0.4, -0.2) is 58.8 Å². The molecule has 1 aliphatic heterocycles. The van der Waals surface area contributed by atoms with Gasteiger partial charge in [-0.1, -0.05) is 30.3 Å².